The lowest BCUT2D eigenvalue weighted by molar-refractivity contribution is -0.192. The summed E-state index contributed by atoms with van der Waals surface area (Å²) in [7, 11) is 0. The molecule has 1 amide bonds. The summed E-state index contributed by atoms with van der Waals surface area (Å²) in [5.74, 6) is -4.18. The Morgan fingerprint density at radius 1 is 1.13 bits per heavy atom. The van der Waals surface area contributed by atoms with Crippen molar-refractivity contribution >= 4 is 17.6 Å². The zero-order valence-electron chi connectivity index (χ0n) is 17.4. The van der Waals surface area contributed by atoms with Gasteiger partial charge in [0.25, 0.3) is 0 Å². The monoisotopic (exact) mass is 434 g/mol. The lowest BCUT2D eigenvalue weighted by Gasteiger charge is -2.22. The summed E-state index contributed by atoms with van der Waals surface area (Å²) >= 11 is 0. The van der Waals surface area contributed by atoms with Crippen molar-refractivity contribution in [2.75, 3.05) is 18.4 Å². The van der Waals surface area contributed by atoms with Crippen LogP contribution < -0.4 is 5.32 Å². The van der Waals surface area contributed by atoms with E-state index >= 15 is 0 Å². The maximum absolute atomic E-state index is 13.6. The van der Waals surface area contributed by atoms with E-state index in [1.807, 2.05) is 30.3 Å². The molecule has 0 saturated carbocycles. The number of anilines is 1. The first-order valence-electron chi connectivity index (χ1n) is 10.0. The number of esters is 1. The van der Waals surface area contributed by atoms with Crippen LogP contribution in [-0.2, 0) is 20.9 Å². The maximum Gasteiger partial charge on any atom is 0.393 e. The summed E-state index contributed by atoms with van der Waals surface area (Å²) in [6.07, 6.45) is -5.25. The van der Waals surface area contributed by atoms with Crippen molar-refractivity contribution in [3.63, 3.8) is 0 Å². The molecule has 1 saturated heterocycles. The van der Waals surface area contributed by atoms with Crippen LogP contribution >= 0.6 is 0 Å². The average Bonchev–Trinajstić information content (AvgIpc) is 3.13. The second-order valence-corrected chi connectivity index (χ2v) is 7.82. The molecule has 0 radical (unpaired) electrons. The molecule has 1 aliphatic heterocycles. The fourth-order valence-electron chi connectivity index (χ4n) is 3.83. The van der Waals surface area contributed by atoms with Crippen LogP contribution in [0.1, 0.15) is 31.1 Å². The van der Waals surface area contributed by atoms with Crippen LogP contribution in [0.4, 0.5) is 18.9 Å². The molecule has 0 aliphatic carbocycles. The van der Waals surface area contributed by atoms with Gasteiger partial charge in [0.1, 0.15) is 6.10 Å². The van der Waals surface area contributed by atoms with Gasteiger partial charge in [-0.3, -0.25) is 14.5 Å². The molecule has 0 bridgehead atoms. The van der Waals surface area contributed by atoms with E-state index in [1.165, 1.54) is 6.92 Å². The highest BCUT2D eigenvalue weighted by Crippen LogP contribution is 2.39. The zero-order chi connectivity index (χ0) is 22.6. The highest BCUT2D eigenvalue weighted by Gasteiger charge is 2.53. The lowest BCUT2D eigenvalue weighted by atomic mass is 9.95. The normalized spacial score (nSPS) is 20.3. The topological polar surface area (TPSA) is 58.6 Å². The summed E-state index contributed by atoms with van der Waals surface area (Å²) in [5, 5.41) is 2.63. The Balaban J connectivity index is 1.70. The van der Waals surface area contributed by atoms with Gasteiger partial charge in [-0.15, -0.1) is 0 Å². The molecular weight excluding hydrogens is 409 g/mol. The van der Waals surface area contributed by atoms with Gasteiger partial charge in [0.2, 0.25) is 5.91 Å². The van der Waals surface area contributed by atoms with Gasteiger partial charge in [-0.05, 0) is 30.2 Å². The number of amides is 1. The molecule has 2 aromatic carbocycles. The van der Waals surface area contributed by atoms with Crippen molar-refractivity contribution in [1.29, 1.82) is 0 Å². The van der Waals surface area contributed by atoms with E-state index < -0.39 is 30.1 Å². The van der Waals surface area contributed by atoms with E-state index in [-0.39, 0.29) is 19.0 Å². The largest absolute Gasteiger partial charge is 0.458 e. The summed E-state index contributed by atoms with van der Waals surface area (Å²) < 4.78 is 46.4. The van der Waals surface area contributed by atoms with Crippen LogP contribution in [0.5, 0.6) is 0 Å². The Hall–Kier alpha value is -2.87. The molecule has 3 atom stereocenters. The third kappa shape index (κ3) is 6.07. The summed E-state index contributed by atoms with van der Waals surface area (Å²) in [4.78, 5) is 25.6. The molecule has 3 rings (SSSR count). The molecule has 0 spiro atoms. The van der Waals surface area contributed by atoms with Crippen molar-refractivity contribution in [2.45, 2.75) is 32.7 Å². The summed E-state index contributed by atoms with van der Waals surface area (Å²) in [5.41, 5.74) is 2.00. The minimum Gasteiger partial charge on any atom is -0.458 e. The molecule has 0 unspecified atom stereocenters. The average molecular weight is 434 g/mol. The van der Waals surface area contributed by atoms with Crippen LogP contribution in [0.3, 0.4) is 0 Å². The highest BCUT2D eigenvalue weighted by molar-refractivity contribution is 5.88. The lowest BCUT2D eigenvalue weighted by Crippen LogP contribution is -2.35. The number of carbonyl (C=O) groups excluding carboxylic acids is 2. The molecule has 1 aliphatic rings. The van der Waals surface area contributed by atoms with Gasteiger partial charge in [0, 0.05) is 32.2 Å². The van der Waals surface area contributed by atoms with Gasteiger partial charge < -0.3 is 10.1 Å². The van der Waals surface area contributed by atoms with Gasteiger partial charge in [-0.2, -0.15) is 13.2 Å². The van der Waals surface area contributed by atoms with Crippen LogP contribution in [0.2, 0.25) is 0 Å². The van der Waals surface area contributed by atoms with Crippen molar-refractivity contribution in [1.82, 2.24) is 4.90 Å². The Morgan fingerprint density at radius 2 is 1.84 bits per heavy atom. The minimum absolute atomic E-state index is 0.0173. The number of nitrogens with one attached hydrogen (secondary N) is 1. The molecule has 1 N–H and O–H groups in total. The fourth-order valence-corrected chi connectivity index (χ4v) is 3.83. The molecule has 1 fully saturated rings. The van der Waals surface area contributed by atoms with Crippen molar-refractivity contribution in [3.8, 4) is 0 Å². The molecule has 1 heterocycles. The van der Waals surface area contributed by atoms with Gasteiger partial charge in [0.05, 0.1) is 11.8 Å². The molecular formula is C23H25F3N2O3. The van der Waals surface area contributed by atoms with Gasteiger partial charge in [-0.25, -0.2) is 0 Å². The second-order valence-electron chi connectivity index (χ2n) is 7.82. The maximum atomic E-state index is 13.6. The number of halogens is 3. The Labute approximate surface area is 179 Å². The van der Waals surface area contributed by atoms with E-state index in [0.29, 0.717) is 17.8 Å². The highest BCUT2D eigenvalue weighted by atomic mass is 19.4. The standard InChI is InChI=1S/C23H25F3N2O3/c1-15(18-9-6-10-19(11-18)27-16(2)29)31-22(30)20-13-28(14-21(20)23(24,25)26)12-17-7-4-3-5-8-17/h3-11,15,20-21H,12-14H2,1-2H3,(H,27,29)/t15-,20-,21+/m0/s1. The second kappa shape index (κ2) is 9.51. The van der Waals surface area contributed by atoms with E-state index in [1.54, 1.807) is 36.1 Å². The first-order valence-corrected chi connectivity index (χ1v) is 10.0. The number of hydrogen-bond acceptors (Lipinski definition) is 4. The Morgan fingerprint density at radius 3 is 2.48 bits per heavy atom. The van der Waals surface area contributed by atoms with Crippen LogP contribution in [0.15, 0.2) is 54.6 Å². The number of carbonyl (C=O) groups is 2. The number of rotatable bonds is 6. The van der Waals surface area contributed by atoms with E-state index in [4.69, 9.17) is 4.74 Å². The molecule has 31 heavy (non-hydrogen) atoms. The predicted octanol–water partition coefficient (Wildman–Crippen LogP) is 4.56. The molecule has 166 valence electrons. The quantitative estimate of drug-likeness (QED) is 0.678. The number of nitrogens with zero attached hydrogens (tertiary/aromatic N) is 1. The van der Waals surface area contributed by atoms with Crippen molar-refractivity contribution < 1.29 is 27.5 Å². The molecule has 8 heteroatoms. The Kier molecular flexibility index (Phi) is 7.00. The zero-order valence-corrected chi connectivity index (χ0v) is 17.4. The number of alkyl halides is 3. The first-order chi connectivity index (χ1) is 14.6. The molecule has 5 nitrogen and oxygen atoms in total. The summed E-state index contributed by atoms with van der Waals surface area (Å²) in [6.45, 7) is 3.05. The van der Waals surface area contributed by atoms with E-state index in [9.17, 15) is 22.8 Å². The molecule has 0 aromatic heterocycles. The minimum atomic E-state index is -4.50. The third-order valence-corrected chi connectivity index (χ3v) is 5.34. The number of likely N-dealkylation sites (tertiary alicyclic amines) is 1. The SMILES string of the molecule is CC(=O)Nc1cccc([C@H](C)OC(=O)[C@H]2CN(Cc3ccccc3)C[C@H]2C(F)(F)F)c1. The number of hydrogen-bond donors (Lipinski definition) is 1. The van der Waals surface area contributed by atoms with Gasteiger partial charge >= 0.3 is 12.1 Å². The Bertz CT molecular complexity index is 918. The van der Waals surface area contributed by atoms with Gasteiger partial charge in [-0.1, -0.05) is 42.5 Å². The number of benzene rings is 2. The van der Waals surface area contributed by atoms with Crippen molar-refractivity contribution in [3.05, 3.63) is 65.7 Å². The third-order valence-electron chi connectivity index (χ3n) is 5.34. The summed E-state index contributed by atoms with van der Waals surface area (Å²) in [6, 6.07) is 15.9. The van der Waals surface area contributed by atoms with Crippen LogP contribution in [-0.4, -0.2) is 36.0 Å². The van der Waals surface area contributed by atoms with E-state index in [2.05, 4.69) is 5.32 Å². The van der Waals surface area contributed by atoms with Crippen LogP contribution in [0.25, 0.3) is 0 Å². The molecule has 2 aromatic rings. The van der Waals surface area contributed by atoms with Gasteiger partial charge in [0.15, 0.2) is 0 Å². The van der Waals surface area contributed by atoms with Crippen LogP contribution in [0, 0.1) is 11.8 Å². The number of ether oxygens (including phenoxy) is 1. The predicted molar refractivity (Wildman–Crippen MR) is 110 cm³/mol. The van der Waals surface area contributed by atoms with E-state index in [0.717, 1.165) is 5.56 Å². The fraction of sp³-hybridized carbons (Fsp3) is 0.391. The smallest absolute Gasteiger partial charge is 0.393 e. The van der Waals surface area contributed by atoms with Crippen molar-refractivity contribution in [2.24, 2.45) is 11.8 Å². The first kappa shape index (κ1) is 22.8.